The van der Waals surface area contributed by atoms with Crippen molar-refractivity contribution in [3.8, 4) is 0 Å². The summed E-state index contributed by atoms with van der Waals surface area (Å²) in [5, 5.41) is 6.39. The number of carbonyl (C=O) groups is 1. The minimum Gasteiger partial charge on any atom is -0.366 e. The number of hydrogen-bond donors (Lipinski definition) is 2. The summed E-state index contributed by atoms with van der Waals surface area (Å²) in [6, 6.07) is 20.0. The van der Waals surface area contributed by atoms with Crippen LogP contribution in [0.25, 0.3) is 0 Å². The van der Waals surface area contributed by atoms with Gasteiger partial charge in [-0.2, -0.15) is 0 Å². The third kappa shape index (κ3) is 3.96. The maximum Gasteiger partial charge on any atom is 0.251 e. The topological polar surface area (TPSA) is 50.4 Å². The summed E-state index contributed by atoms with van der Waals surface area (Å²) in [7, 11) is 0. The Bertz CT molecular complexity index is 603. The van der Waals surface area contributed by atoms with E-state index in [2.05, 4.69) is 10.6 Å². The van der Waals surface area contributed by atoms with Crippen LogP contribution in [0.5, 0.6) is 0 Å². The summed E-state index contributed by atoms with van der Waals surface area (Å²) in [6.45, 7) is 3.93. The quantitative estimate of drug-likeness (QED) is 0.894. The first-order valence-corrected chi connectivity index (χ1v) is 7.95. The van der Waals surface area contributed by atoms with Gasteiger partial charge in [0, 0.05) is 13.1 Å². The lowest BCUT2D eigenvalue weighted by atomic mass is 9.84. The van der Waals surface area contributed by atoms with Gasteiger partial charge in [-0.1, -0.05) is 60.7 Å². The standard InChI is InChI=1S/C19H22N2O2.ClH/c1-19(15-8-4-2-5-9-15,16-10-6-3-7-11-16)21-18(22)17-14-20-12-13-23-17;/h2-11,17,20H,12-14H2,1H3,(H,21,22);1H. The van der Waals surface area contributed by atoms with E-state index in [1.807, 2.05) is 67.6 Å². The molecule has 0 aromatic heterocycles. The lowest BCUT2D eigenvalue weighted by molar-refractivity contribution is -0.135. The van der Waals surface area contributed by atoms with Crippen molar-refractivity contribution in [2.24, 2.45) is 0 Å². The van der Waals surface area contributed by atoms with Crippen LogP contribution in [0.15, 0.2) is 60.7 Å². The Morgan fingerprint density at radius 2 is 1.62 bits per heavy atom. The fourth-order valence-electron chi connectivity index (χ4n) is 2.91. The van der Waals surface area contributed by atoms with Gasteiger partial charge >= 0.3 is 0 Å². The maximum absolute atomic E-state index is 12.7. The number of amides is 1. The van der Waals surface area contributed by atoms with Crippen LogP contribution in [0, 0.1) is 0 Å². The van der Waals surface area contributed by atoms with Crippen LogP contribution in [-0.2, 0) is 15.1 Å². The molecule has 5 heteroatoms. The summed E-state index contributed by atoms with van der Waals surface area (Å²) in [5.74, 6) is -0.0904. The largest absolute Gasteiger partial charge is 0.366 e. The SMILES string of the molecule is CC(NC(=O)C1CNCCO1)(c1ccccc1)c1ccccc1.Cl. The van der Waals surface area contributed by atoms with E-state index in [4.69, 9.17) is 4.74 Å². The molecule has 1 saturated heterocycles. The molecule has 1 fully saturated rings. The fraction of sp³-hybridized carbons (Fsp3) is 0.316. The Kier molecular flexibility index (Phi) is 6.37. The molecule has 1 heterocycles. The van der Waals surface area contributed by atoms with E-state index in [0.717, 1.165) is 17.7 Å². The maximum atomic E-state index is 12.7. The molecule has 128 valence electrons. The molecule has 3 rings (SSSR count). The summed E-state index contributed by atoms with van der Waals surface area (Å²) in [4.78, 5) is 12.7. The molecule has 24 heavy (non-hydrogen) atoms. The molecule has 1 aliphatic rings. The number of nitrogens with one attached hydrogen (secondary N) is 2. The second-order valence-electron chi connectivity index (χ2n) is 5.91. The molecular formula is C19H23ClN2O2. The molecule has 0 saturated carbocycles. The first-order valence-electron chi connectivity index (χ1n) is 7.95. The van der Waals surface area contributed by atoms with Crippen molar-refractivity contribution in [3.05, 3.63) is 71.8 Å². The lowest BCUT2D eigenvalue weighted by Crippen LogP contribution is -2.53. The van der Waals surface area contributed by atoms with Crippen LogP contribution in [0.3, 0.4) is 0 Å². The number of ether oxygens (including phenoxy) is 1. The molecule has 1 unspecified atom stereocenters. The van der Waals surface area contributed by atoms with Gasteiger partial charge in [0.15, 0.2) is 0 Å². The van der Waals surface area contributed by atoms with Gasteiger partial charge in [0.05, 0.1) is 12.1 Å². The predicted molar refractivity (Wildman–Crippen MR) is 97.3 cm³/mol. The van der Waals surface area contributed by atoms with Crippen LogP contribution in [0.4, 0.5) is 0 Å². The van der Waals surface area contributed by atoms with E-state index in [1.54, 1.807) is 0 Å². The molecule has 0 radical (unpaired) electrons. The van der Waals surface area contributed by atoms with Gasteiger partial charge in [-0.05, 0) is 18.1 Å². The van der Waals surface area contributed by atoms with Crippen molar-refractivity contribution >= 4 is 18.3 Å². The zero-order valence-corrected chi connectivity index (χ0v) is 14.5. The van der Waals surface area contributed by atoms with Gasteiger partial charge in [-0.3, -0.25) is 4.79 Å². The second kappa shape index (κ2) is 8.29. The Labute approximate surface area is 149 Å². The zero-order chi connectivity index (χ0) is 16.1. The van der Waals surface area contributed by atoms with Gasteiger partial charge in [0.25, 0.3) is 5.91 Å². The normalized spacial score (nSPS) is 17.6. The Morgan fingerprint density at radius 1 is 1.08 bits per heavy atom. The summed E-state index contributed by atoms with van der Waals surface area (Å²) in [6.07, 6.45) is -0.449. The lowest BCUT2D eigenvalue weighted by Gasteiger charge is -2.34. The van der Waals surface area contributed by atoms with Crippen molar-refractivity contribution in [2.75, 3.05) is 19.7 Å². The minimum absolute atomic E-state index is 0. The van der Waals surface area contributed by atoms with Gasteiger partial charge in [0.1, 0.15) is 6.10 Å². The van der Waals surface area contributed by atoms with E-state index in [-0.39, 0.29) is 18.3 Å². The highest BCUT2D eigenvalue weighted by Gasteiger charge is 2.33. The Hall–Kier alpha value is -1.88. The van der Waals surface area contributed by atoms with Gasteiger partial charge in [0.2, 0.25) is 0 Å². The smallest absolute Gasteiger partial charge is 0.251 e. The van der Waals surface area contributed by atoms with E-state index in [0.29, 0.717) is 13.2 Å². The third-order valence-corrected chi connectivity index (χ3v) is 4.30. The molecule has 0 bridgehead atoms. The molecule has 1 atom stereocenters. The highest BCUT2D eigenvalue weighted by atomic mass is 35.5. The van der Waals surface area contributed by atoms with Crippen LogP contribution in [0.1, 0.15) is 18.1 Å². The number of halogens is 1. The molecule has 0 aliphatic carbocycles. The van der Waals surface area contributed by atoms with Gasteiger partial charge in [-0.15, -0.1) is 12.4 Å². The van der Waals surface area contributed by atoms with Crippen molar-refractivity contribution in [1.82, 2.24) is 10.6 Å². The average Bonchev–Trinajstić information content (AvgIpc) is 2.64. The first kappa shape index (κ1) is 18.5. The molecule has 2 aromatic rings. The second-order valence-corrected chi connectivity index (χ2v) is 5.91. The van der Waals surface area contributed by atoms with Crippen molar-refractivity contribution in [1.29, 1.82) is 0 Å². The number of carbonyl (C=O) groups excluding carboxylic acids is 1. The number of morpholine rings is 1. The average molecular weight is 347 g/mol. The molecular weight excluding hydrogens is 324 g/mol. The van der Waals surface area contributed by atoms with Gasteiger partial charge in [-0.25, -0.2) is 0 Å². The number of benzene rings is 2. The summed E-state index contributed by atoms with van der Waals surface area (Å²) >= 11 is 0. The molecule has 1 aliphatic heterocycles. The molecule has 1 amide bonds. The Morgan fingerprint density at radius 3 is 2.08 bits per heavy atom. The monoisotopic (exact) mass is 346 g/mol. The number of hydrogen-bond acceptors (Lipinski definition) is 3. The molecule has 2 aromatic carbocycles. The minimum atomic E-state index is -0.597. The summed E-state index contributed by atoms with van der Waals surface area (Å²) in [5.41, 5.74) is 1.49. The first-order chi connectivity index (χ1) is 11.2. The van der Waals surface area contributed by atoms with Crippen molar-refractivity contribution in [2.45, 2.75) is 18.6 Å². The van der Waals surface area contributed by atoms with E-state index < -0.39 is 11.6 Å². The molecule has 0 spiro atoms. The zero-order valence-electron chi connectivity index (χ0n) is 13.7. The highest BCUT2D eigenvalue weighted by molar-refractivity contribution is 5.85. The third-order valence-electron chi connectivity index (χ3n) is 4.30. The van der Waals surface area contributed by atoms with Crippen LogP contribution >= 0.6 is 12.4 Å². The van der Waals surface area contributed by atoms with Crippen molar-refractivity contribution in [3.63, 3.8) is 0 Å². The molecule has 2 N–H and O–H groups in total. The molecule has 4 nitrogen and oxygen atoms in total. The predicted octanol–water partition coefficient (Wildman–Crippen LogP) is 2.48. The summed E-state index contributed by atoms with van der Waals surface area (Å²) < 4.78 is 5.58. The van der Waals surface area contributed by atoms with E-state index in [1.165, 1.54) is 0 Å². The van der Waals surface area contributed by atoms with E-state index >= 15 is 0 Å². The Balaban J connectivity index is 0.00000208. The van der Waals surface area contributed by atoms with Crippen molar-refractivity contribution < 1.29 is 9.53 Å². The fourth-order valence-corrected chi connectivity index (χ4v) is 2.91. The van der Waals surface area contributed by atoms with E-state index in [9.17, 15) is 4.79 Å². The number of rotatable bonds is 4. The van der Waals surface area contributed by atoms with Crippen LogP contribution in [0.2, 0.25) is 0 Å². The van der Waals surface area contributed by atoms with Crippen LogP contribution in [-0.4, -0.2) is 31.7 Å². The highest BCUT2D eigenvalue weighted by Crippen LogP contribution is 2.29. The van der Waals surface area contributed by atoms with Gasteiger partial charge < -0.3 is 15.4 Å². The van der Waals surface area contributed by atoms with Crippen LogP contribution < -0.4 is 10.6 Å².